The summed E-state index contributed by atoms with van der Waals surface area (Å²) in [6.07, 6.45) is 0. The fraction of sp³-hybridized carbons (Fsp3) is 0.143. The lowest BCUT2D eigenvalue weighted by Crippen LogP contribution is -2.13. The summed E-state index contributed by atoms with van der Waals surface area (Å²) in [7, 11) is 0. The summed E-state index contributed by atoms with van der Waals surface area (Å²) in [6, 6.07) is 16.8. The molecular weight excluding hydrogens is 389 g/mol. The summed E-state index contributed by atoms with van der Waals surface area (Å²) < 4.78 is 2.43. The van der Waals surface area contributed by atoms with Crippen LogP contribution in [-0.2, 0) is 13.1 Å². The Balaban J connectivity index is 1.92. The molecule has 1 N–H and O–H groups in total. The minimum absolute atomic E-state index is 0.895. The second kappa shape index (κ2) is 6.52. The normalized spacial score (nSPS) is 10.5. The maximum atomic E-state index is 3.50. The van der Waals surface area contributed by atoms with Crippen molar-refractivity contribution in [1.82, 2.24) is 5.32 Å². The zero-order chi connectivity index (χ0) is 12.1. The number of hydrogen-bond donors (Lipinski definition) is 1. The first-order valence-electron chi connectivity index (χ1n) is 5.44. The fourth-order valence-corrected chi connectivity index (χ4v) is 2.55. The second-order valence-corrected chi connectivity index (χ2v) is 5.90. The van der Waals surface area contributed by atoms with Gasteiger partial charge in [-0.1, -0.05) is 46.3 Å². The van der Waals surface area contributed by atoms with Crippen molar-refractivity contribution in [2.75, 3.05) is 0 Å². The lowest BCUT2D eigenvalue weighted by atomic mass is 10.2. The molecule has 0 radical (unpaired) electrons. The van der Waals surface area contributed by atoms with Crippen LogP contribution in [0, 0.1) is 3.57 Å². The van der Waals surface area contributed by atoms with Gasteiger partial charge in [0.2, 0.25) is 0 Å². The van der Waals surface area contributed by atoms with Crippen molar-refractivity contribution in [3.05, 3.63) is 67.7 Å². The third-order valence-corrected chi connectivity index (χ3v) is 4.04. The highest BCUT2D eigenvalue weighted by Gasteiger charge is 2.00. The maximum absolute atomic E-state index is 3.50. The largest absolute Gasteiger partial charge is 0.309 e. The standard InChI is InChI=1S/C14H13BrIN/c15-13-6-7-14(16)12(8-13)10-17-9-11-4-2-1-3-5-11/h1-8,17H,9-10H2. The first-order valence-corrected chi connectivity index (χ1v) is 7.31. The van der Waals surface area contributed by atoms with Crippen LogP contribution in [-0.4, -0.2) is 0 Å². The minimum atomic E-state index is 0.895. The summed E-state index contributed by atoms with van der Waals surface area (Å²) in [4.78, 5) is 0. The Morgan fingerprint density at radius 1 is 1.00 bits per heavy atom. The van der Waals surface area contributed by atoms with Crippen molar-refractivity contribution in [2.24, 2.45) is 0 Å². The van der Waals surface area contributed by atoms with Crippen LogP contribution in [0.2, 0.25) is 0 Å². The molecule has 0 unspecified atom stereocenters. The summed E-state index contributed by atoms with van der Waals surface area (Å²) in [5, 5.41) is 3.46. The molecular formula is C14H13BrIN. The van der Waals surface area contributed by atoms with Crippen LogP contribution in [0.3, 0.4) is 0 Å². The topological polar surface area (TPSA) is 12.0 Å². The van der Waals surface area contributed by atoms with Crippen molar-refractivity contribution in [2.45, 2.75) is 13.1 Å². The smallest absolute Gasteiger partial charge is 0.0219 e. The van der Waals surface area contributed by atoms with Gasteiger partial charge in [0, 0.05) is 21.1 Å². The average molecular weight is 402 g/mol. The molecule has 0 fully saturated rings. The van der Waals surface area contributed by atoms with Crippen LogP contribution < -0.4 is 5.32 Å². The first kappa shape index (κ1) is 13.1. The van der Waals surface area contributed by atoms with Gasteiger partial charge >= 0.3 is 0 Å². The number of benzene rings is 2. The van der Waals surface area contributed by atoms with E-state index in [0.717, 1.165) is 17.6 Å². The SMILES string of the molecule is Brc1ccc(I)c(CNCc2ccccc2)c1. The summed E-state index contributed by atoms with van der Waals surface area (Å²) in [6.45, 7) is 1.80. The molecule has 1 nitrogen and oxygen atoms in total. The highest BCUT2D eigenvalue weighted by atomic mass is 127. The summed E-state index contributed by atoms with van der Waals surface area (Å²) in [5.74, 6) is 0. The molecule has 2 rings (SSSR count). The van der Waals surface area contributed by atoms with Gasteiger partial charge in [-0.15, -0.1) is 0 Å². The molecule has 0 aliphatic carbocycles. The monoisotopic (exact) mass is 401 g/mol. The second-order valence-electron chi connectivity index (χ2n) is 3.82. The number of hydrogen-bond acceptors (Lipinski definition) is 1. The molecule has 0 bridgehead atoms. The van der Waals surface area contributed by atoms with Crippen molar-refractivity contribution >= 4 is 38.5 Å². The molecule has 0 saturated heterocycles. The predicted octanol–water partition coefficient (Wildman–Crippen LogP) is 4.34. The van der Waals surface area contributed by atoms with E-state index >= 15 is 0 Å². The van der Waals surface area contributed by atoms with Gasteiger partial charge in [0.15, 0.2) is 0 Å². The number of nitrogens with one attached hydrogen (secondary N) is 1. The van der Waals surface area contributed by atoms with E-state index in [2.05, 4.69) is 86.3 Å². The quantitative estimate of drug-likeness (QED) is 0.751. The van der Waals surface area contributed by atoms with E-state index in [9.17, 15) is 0 Å². The molecule has 88 valence electrons. The third kappa shape index (κ3) is 4.08. The molecule has 0 aliphatic heterocycles. The molecule has 2 aromatic rings. The van der Waals surface area contributed by atoms with Gasteiger partial charge < -0.3 is 5.32 Å². The molecule has 0 saturated carbocycles. The van der Waals surface area contributed by atoms with E-state index in [1.165, 1.54) is 14.7 Å². The first-order chi connectivity index (χ1) is 8.25. The van der Waals surface area contributed by atoms with Crippen molar-refractivity contribution in [3.63, 3.8) is 0 Å². The Bertz CT molecular complexity index is 485. The van der Waals surface area contributed by atoms with Crippen LogP contribution >= 0.6 is 38.5 Å². The molecule has 0 heterocycles. The Hall–Kier alpha value is -0.390. The van der Waals surface area contributed by atoms with Crippen LogP contribution in [0.5, 0.6) is 0 Å². The van der Waals surface area contributed by atoms with Crippen molar-refractivity contribution in [1.29, 1.82) is 0 Å². The van der Waals surface area contributed by atoms with E-state index in [-0.39, 0.29) is 0 Å². The number of halogens is 2. The lowest BCUT2D eigenvalue weighted by Gasteiger charge is -2.07. The minimum Gasteiger partial charge on any atom is -0.309 e. The summed E-state index contributed by atoms with van der Waals surface area (Å²) in [5.41, 5.74) is 2.65. The Kier molecular flexibility index (Phi) is 5.00. The zero-order valence-corrected chi connectivity index (χ0v) is 13.0. The van der Waals surface area contributed by atoms with Crippen molar-refractivity contribution < 1.29 is 0 Å². The highest BCUT2D eigenvalue weighted by molar-refractivity contribution is 14.1. The molecule has 3 heteroatoms. The van der Waals surface area contributed by atoms with Crippen LogP contribution in [0.25, 0.3) is 0 Å². The van der Waals surface area contributed by atoms with Crippen molar-refractivity contribution in [3.8, 4) is 0 Å². The van der Waals surface area contributed by atoms with E-state index in [1.807, 2.05) is 6.07 Å². The van der Waals surface area contributed by atoms with E-state index in [1.54, 1.807) is 0 Å². The fourth-order valence-electron chi connectivity index (χ4n) is 1.62. The lowest BCUT2D eigenvalue weighted by molar-refractivity contribution is 0.691. The van der Waals surface area contributed by atoms with Crippen LogP contribution in [0.1, 0.15) is 11.1 Å². The van der Waals surface area contributed by atoms with E-state index in [0.29, 0.717) is 0 Å². The van der Waals surface area contributed by atoms with Gasteiger partial charge in [0.1, 0.15) is 0 Å². The van der Waals surface area contributed by atoms with Gasteiger partial charge in [-0.05, 0) is 51.9 Å². The van der Waals surface area contributed by atoms with E-state index < -0.39 is 0 Å². The van der Waals surface area contributed by atoms with Crippen LogP contribution in [0.4, 0.5) is 0 Å². The van der Waals surface area contributed by atoms with Gasteiger partial charge in [0.25, 0.3) is 0 Å². The summed E-state index contributed by atoms with van der Waals surface area (Å²) >= 11 is 5.87. The Morgan fingerprint density at radius 2 is 1.76 bits per heavy atom. The van der Waals surface area contributed by atoms with Gasteiger partial charge in [-0.2, -0.15) is 0 Å². The molecule has 0 amide bonds. The third-order valence-electron chi connectivity index (χ3n) is 2.50. The van der Waals surface area contributed by atoms with Gasteiger partial charge in [0.05, 0.1) is 0 Å². The Labute approximate surface area is 124 Å². The molecule has 0 spiro atoms. The molecule has 17 heavy (non-hydrogen) atoms. The zero-order valence-electron chi connectivity index (χ0n) is 9.29. The van der Waals surface area contributed by atoms with Crippen LogP contribution in [0.15, 0.2) is 53.0 Å². The highest BCUT2D eigenvalue weighted by Crippen LogP contribution is 2.18. The van der Waals surface area contributed by atoms with Gasteiger partial charge in [-0.3, -0.25) is 0 Å². The maximum Gasteiger partial charge on any atom is 0.0219 e. The average Bonchev–Trinajstić information content (AvgIpc) is 2.35. The molecule has 0 aromatic heterocycles. The molecule has 2 aromatic carbocycles. The Morgan fingerprint density at radius 3 is 2.53 bits per heavy atom. The van der Waals surface area contributed by atoms with Gasteiger partial charge in [-0.25, -0.2) is 0 Å². The number of rotatable bonds is 4. The molecule has 0 aliphatic rings. The van der Waals surface area contributed by atoms with E-state index in [4.69, 9.17) is 0 Å². The predicted molar refractivity (Wildman–Crippen MR) is 83.8 cm³/mol. The molecule has 0 atom stereocenters.